The number of rotatable bonds is 8. The van der Waals surface area contributed by atoms with E-state index in [2.05, 4.69) is 14.8 Å². The van der Waals surface area contributed by atoms with Gasteiger partial charge in [-0.3, -0.25) is 4.79 Å². The normalized spacial score (nSPS) is 17.4. The lowest BCUT2D eigenvalue weighted by Crippen LogP contribution is -2.28. The topological polar surface area (TPSA) is 93.0 Å². The molecule has 0 bridgehead atoms. The van der Waals surface area contributed by atoms with Gasteiger partial charge in [0.15, 0.2) is 11.5 Å². The fourth-order valence-electron chi connectivity index (χ4n) is 4.75. The number of aliphatic hydroxyl groups excluding tert-OH is 2. The van der Waals surface area contributed by atoms with Gasteiger partial charge in [0, 0.05) is 35.7 Å². The van der Waals surface area contributed by atoms with E-state index >= 15 is 4.39 Å². The zero-order valence-corrected chi connectivity index (χ0v) is 19.9. The van der Waals surface area contributed by atoms with E-state index in [1.165, 1.54) is 18.2 Å². The molecule has 1 saturated carbocycles. The third-order valence-electron chi connectivity index (χ3n) is 7.01. The maximum absolute atomic E-state index is 15.2. The molecule has 5 rings (SSSR count). The number of hydrogen-bond acceptors (Lipinski definition) is 5. The van der Waals surface area contributed by atoms with E-state index in [-0.39, 0.29) is 30.4 Å². The standard InChI is InChI=1S/C26H27F3N2O5/c1-24(2,14-33)22-11-15-10-18(17(27)13-19(15)31(22)8-3-9-32)30-23(34)25(6-7-25)16-4-5-20-21(12-16)36-26(28,29)35-20/h4-5,10-13,32-33H,3,6-9,14H2,1-2H3,(H,30,34). The van der Waals surface area contributed by atoms with Gasteiger partial charge in [-0.2, -0.15) is 0 Å². The maximum Gasteiger partial charge on any atom is 0.586 e. The first-order valence-corrected chi connectivity index (χ1v) is 11.8. The first kappa shape index (κ1) is 24.5. The Morgan fingerprint density at radius 3 is 2.50 bits per heavy atom. The number of ether oxygens (including phenoxy) is 2. The van der Waals surface area contributed by atoms with E-state index in [1.54, 1.807) is 12.1 Å². The smallest absolute Gasteiger partial charge is 0.396 e. The third-order valence-corrected chi connectivity index (χ3v) is 7.01. The molecule has 10 heteroatoms. The molecule has 0 radical (unpaired) electrons. The van der Waals surface area contributed by atoms with Crippen molar-refractivity contribution in [1.82, 2.24) is 4.57 Å². The van der Waals surface area contributed by atoms with E-state index in [4.69, 9.17) is 0 Å². The molecule has 2 aromatic carbocycles. The van der Waals surface area contributed by atoms with Crippen molar-refractivity contribution >= 4 is 22.5 Å². The van der Waals surface area contributed by atoms with Gasteiger partial charge in [0.1, 0.15) is 5.82 Å². The second kappa shape index (κ2) is 8.41. The van der Waals surface area contributed by atoms with Crippen LogP contribution in [-0.2, 0) is 22.2 Å². The number of carbonyl (C=O) groups excluding carboxylic acids is 1. The van der Waals surface area contributed by atoms with Gasteiger partial charge in [0.05, 0.1) is 23.2 Å². The largest absolute Gasteiger partial charge is 0.586 e. The molecule has 36 heavy (non-hydrogen) atoms. The number of amides is 1. The van der Waals surface area contributed by atoms with Crippen molar-refractivity contribution < 1.29 is 37.7 Å². The minimum Gasteiger partial charge on any atom is -0.396 e. The fourth-order valence-corrected chi connectivity index (χ4v) is 4.75. The molecule has 3 N–H and O–H groups in total. The summed E-state index contributed by atoms with van der Waals surface area (Å²) in [5.41, 5.74) is 0.278. The van der Waals surface area contributed by atoms with Gasteiger partial charge in [0.2, 0.25) is 5.91 Å². The molecular formula is C26H27F3N2O5. The molecule has 192 valence electrons. The fraction of sp³-hybridized carbons (Fsp3) is 0.423. The van der Waals surface area contributed by atoms with Gasteiger partial charge in [-0.25, -0.2) is 4.39 Å². The predicted molar refractivity (Wildman–Crippen MR) is 126 cm³/mol. The minimum atomic E-state index is -3.75. The lowest BCUT2D eigenvalue weighted by Gasteiger charge is -2.24. The predicted octanol–water partition coefficient (Wildman–Crippen LogP) is 4.42. The van der Waals surface area contributed by atoms with E-state index in [9.17, 15) is 23.8 Å². The quantitative estimate of drug-likeness (QED) is 0.422. The Hall–Kier alpha value is -3.24. The van der Waals surface area contributed by atoms with Gasteiger partial charge < -0.3 is 29.6 Å². The van der Waals surface area contributed by atoms with Crippen LogP contribution < -0.4 is 14.8 Å². The zero-order valence-electron chi connectivity index (χ0n) is 19.9. The highest BCUT2D eigenvalue weighted by atomic mass is 19.3. The number of aromatic nitrogens is 1. The van der Waals surface area contributed by atoms with E-state index in [1.807, 2.05) is 24.5 Å². The Labute approximate surface area is 205 Å². The summed E-state index contributed by atoms with van der Waals surface area (Å²) in [6.45, 7) is 4.02. The van der Waals surface area contributed by atoms with Crippen LogP contribution in [0.15, 0.2) is 36.4 Å². The Bertz CT molecular complexity index is 1350. The van der Waals surface area contributed by atoms with Gasteiger partial charge in [-0.05, 0) is 49.1 Å². The molecule has 0 unspecified atom stereocenters. The van der Waals surface area contributed by atoms with Gasteiger partial charge in [-0.1, -0.05) is 19.9 Å². The maximum atomic E-state index is 15.2. The van der Waals surface area contributed by atoms with E-state index in [0.717, 1.165) is 5.69 Å². The Balaban J connectivity index is 1.45. The molecule has 2 aliphatic rings. The summed E-state index contributed by atoms with van der Waals surface area (Å²) in [6, 6.07) is 8.98. The first-order valence-electron chi connectivity index (χ1n) is 11.8. The van der Waals surface area contributed by atoms with Crippen molar-refractivity contribution in [3.63, 3.8) is 0 Å². The number of halogens is 3. The number of anilines is 1. The summed E-state index contributed by atoms with van der Waals surface area (Å²) in [5.74, 6) is -1.33. The summed E-state index contributed by atoms with van der Waals surface area (Å²) < 4.78 is 52.8. The molecule has 3 aromatic rings. The van der Waals surface area contributed by atoms with Crippen molar-refractivity contribution in [2.75, 3.05) is 18.5 Å². The van der Waals surface area contributed by atoms with Crippen LogP contribution in [0.5, 0.6) is 11.5 Å². The molecule has 0 saturated heterocycles. The van der Waals surface area contributed by atoms with Crippen molar-refractivity contribution in [3.05, 3.63) is 53.5 Å². The number of carbonyl (C=O) groups is 1. The van der Waals surface area contributed by atoms with Crippen LogP contribution >= 0.6 is 0 Å². The summed E-state index contributed by atoms with van der Waals surface area (Å²) in [6.07, 6.45) is -2.34. The van der Waals surface area contributed by atoms with Gasteiger partial charge in [0.25, 0.3) is 0 Å². The summed E-state index contributed by atoms with van der Waals surface area (Å²) >= 11 is 0. The van der Waals surface area contributed by atoms with Crippen LogP contribution in [0.4, 0.5) is 18.9 Å². The average molecular weight is 505 g/mol. The third kappa shape index (κ3) is 4.08. The van der Waals surface area contributed by atoms with Crippen LogP contribution in [0, 0.1) is 5.82 Å². The number of nitrogens with one attached hydrogen (secondary N) is 1. The molecule has 1 amide bonds. The molecule has 7 nitrogen and oxygen atoms in total. The molecule has 0 spiro atoms. The lowest BCUT2D eigenvalue weighted by molar-refractivity contribution is -0.286. The van der Waals surface area contributed by atoms with Crippen molar-refractivity contribution in [3.8, 4) is 11.5 Å². The molecule has 0 atom stereocenters. The van der Waals surface area contributed by atoms with Gasteiger partial charge >= 0.3 is 6.29 Å². The van der Waals surface area contributed by atoms with Crippen LogP contribution in [-0.4, -0.2) is 40.2 Å². The van der Waals surface area contributed by atoms with Gasteiger partial charge in [-0.15, -0.1) is 8.78 Å². The second-order valence-corrected chi connectivity index (χ2v) is 10.1. The highest BCUT2D eigenvalue weighted by Gasteiger charge is 2.53. The van der Waals surface area contributed by atoms with Crippen molar-refractivity contribution in [2.24, 2.45) is 0 Å². The molecule has 1 aliphatic heterocycles. The molecule has 2 heterocycles. The molecule has 1 fully saturated rings. The average Bonchev–Trinajstić information content (AvgIpc) is 3.47. The molecule has 1 aliphatic carbocycles. The first-order chi connectivity index (χ1) is 17.0. The number of nitrogens with zero attached hydrogens (tertiary/aromatic N) is 1. The van der Waals surface area contributed by atoms with Crippen LogP contribution in [0.25, 0.3) is 10.9 Å². The summed E-state index contributed by atoms with van der Waals surface area (Å²) in [5, 5.41) is 22.5. The monoisotopic (exact) mass is 504 g/mol. The minimum absolute atomic E-state index is 0.00119. The highest BCUT2D eigenvalue weighted by Crippen LogP contribution is 2.52. The number of fused-ring (bicyclic) bond motifs is 2. The Morgan fingerprint density at radius 1 is 1.11 bits per heavy atom. The number of aliphatic hydroxyl groups is 2. The SMILES string of the molecule is CC(C)(CO)c1cc2cc(NC(=O)C3(c4ccc5c(c4)OC(F)(F)O5)CC3)c(F)cc2n1CCCO. The second-order valence-electron chi connectivity index (χ2n) is 10.1. The van der Waals surface area contributed by atoms with Crippen LogP contribution in [0.3, 0.4) is 0 Å². The van der Waals surface area contributed by atoms with Crippen LogP contribution in [0.1, 0.15) is 44.4 Å². The van der Waals surface area contributed by atoms with Crippen molar-refractivity contribution in [1.29, 1.82) is 0 Å². The zero-order chi connectivity index (χ0) is 25.9. The Morgan fingerprint density at radius 2 is 1.83 bits per heavy atom. The number of hydrogen-bond donors (Lipinski definition) is 3. The number of alkyl halides is 2. The lowest BCUT2D eigenvalue weighted by atomic mass is 9.90. The summed E-state index contributed by atoms with van der Waals surface area (Å²) in [4.78, 5) is 13.3. The molecular weight excluding hydrogens is 477 g/mol. The summed E-state index contributed by atoms with van der Waals surface area (Å²) in [7, 11) is 0. The van der Waals surface area contributed by atoms with E-state index in [0.29, 0.717) is 42.3 Å². The van der Waals surface area contributed by atoms with Crippen molar-refractivity contribution in [2.45, 2.75) is 56.8 Å². The molecule has 1 aromatic heterocycles. The van der Waals surface area contributed by atoms with Crippen LogP contribution in [0.2, 0.25) is 0 Å². The number of benzene rings is 2. The number of aryl methyl sites for hydroxylation is 1. The van der Waals surface area contributed by atoms with E-state index < -0.39 is 28.8 Å². The highest BCUT2D eigenvalue weighted by molar-refractivity contribution is 6.02. The Kier molecular flexibility index (Phi) is 5.72.